The molecule has 0 bridgehead atoms. The first-order chi connectivity index (χ1) is 17.3. The van der Waals surface area contributed by atoms with Crippen LogP contribution in [0.15, 0.2) is 121 Å². The van der Waals surface area contributed by atoms with Crippen LogP contribution in [0.1, 0.15) is 5.56 Å². The molecule has 3 heterocycles. The quantitative estimate of drug-likeness (QED) is 0.267. The molecule has 0 spiro atoms. The summed E-state index contributed by atoms with van der Waals surface area (Å²) < 4.78 is 4.46. The van der Waals surface area contributed by atoms with Gasteiger partial charge in [0, 0.05) is 27.6 Å². The fourth-order valence-corrected chi connectivity index (χ4v) is 5.28. The molecule has 0 fully saturated rings. The minimum absolute atomic E-state index is 0.999. The smallest absolute Gasteiger partial charge is 0.113 e. The monoisotopic (exact) mass is 449 g/mol. The highest BCUT2D eigenvalue weighted by Gasteiger charge is 2.21. The Morgan fingerprint density at radius 2 is 1.23 bits per heavy atom. The van der Waals surface area contributed by atoms with E-state index in [1.807, 2.05) is 0 Å². The number of aromatic nitrogens is 3. The summed E-state index contributed by atoms with van der Waals surface area (Å²) in [6.45, 7) is 2.20. The van der Waals surface area contributed by atoms with Crippen LogP contribution in [0.5, 0.6) is 0 Å². The number of pyridine rings is 1. The number of hydrogen-bond donors (Lipinski definition) is 0. The van der Waals surface area contributed by atoms with Crippen molar-refractivity contribution in [1.29, 1.82) is 0 Å². The van der Waals surface area contributed by atoms with Crippen molar-refractivity contribution in [3.05, 3.63) is 127 Å². The first-order valence-electron chi connectivity index (χ1n) is 11.9. The van der Waals surface area contributed by atoms with E-state index in [0.29, 0.717) is 0 Å². The molecule has 3 aromatic heterocycles. The van der Waals surface area contributed by atoms with Crippen molar-refractivity contribution in [2.45, 2.75) is 6.92 Å². The van der Waals surface area contributed by atoms with Gasteiger partial charge in [-0.1, -0.05) is 91.0 Å². The lowest BCUT2D eigenvalue weighted by molar-refractivity contribution is 0.970. The van der Waals surface area contributed by atoms with Crippen LogP contribution in [0.3, 0.4) is 0 Å². The van der Waals surface area contributed by atoms with Gasteiger partial charge >= 0.3 is 0 Å². The molecule has 7 rings (SSSR count). The van der Waals surface area contributed by atoms with Gasteiger partial charge in [0.2, 0.25) is 0 Å². The maximum Gasteiger partial charge on any atom is 0.113 e. The molecule has 0 amide bonds. The summed E-state index contributed by atoms with van der Waals surface area (Å²) in [6, 6.07) is 42.8. The van der Waals surface area contributed by atoms with Crippen LogP contribution < -0.4 is 0 Å². The zero-order valence-electron chi connectivity index (χ0n) is 19.4. The van der Waals surface area contributed by atoms with Gasteiger partial charge in [0.05, 0.1) is 22.4 Å². The normalized spacial score (nSPS) is 11.6. The topological polar surface area (TPSA) is 22.2 Å². The predicted molar refractivity (Wildman–Crippen MR) is 145 cm³/mol. The molecular formula is C32H23N3. The third kappa shape index (κ3) is 3.02. The van der Waals surface area contributed by atoms with E-state index in [0.717, 1.165) is 33.8 Å². The van der Waals surface area contributed by atoms with Gasteiger partial charge in [-0.25, -0.2) is 4.52 Å². The highest BCUT2D eigenvalue weighted by Crippen LogP contribution is 2.37. The average Bonchev–Trinajstić information content (AvgIpc) is 3.47. The summed E-state index contributed by atoms with van der Waals surface area (Å²) in [4.78, 5) is 0. The standard InChI is InChI=1S/C32H23N3/c1-22-31(30-21-25-15-9-11-19-28(25)34(30)26-16-6-3-7-17-26)33-35-29(23-12-4-2-5-13-23)20-24-14-8-10-18-27(24)32(22)35/h2-21H,1H3. The van der Waals surface area contributed by atoms with Gasteiger partial charge < -0.3 is 4.57 Å². The van der Waals surface area contributed by atoms with E-state index in [-0.39, 0.29) is 0 Å². The van der Waals surface area contributed by atoms with Gasteiger partial charge in [-0.05, 0) is 42.6 Å². The summed E-state index contributed by atoms with van der Waals surface area (Å²) in [5.74, 6) is 0. The van der Waals surface area contributed by atoms with Crippen LogP contribution in [-0.2, 0) is 0 Å². The molecule has 0 aliphatic carbocycles. The number of rotatable bonds is 3. The highest BCUT2D eigenvalue weighted by atomic mass is 15.2. The summed E-state index contributed by atoms with van der Waals surface area (Å²) in [5, 5.41) is 8.92. The molecule has 35 heavy (non-hydrogen) atoms. The molecule has 0 radical (unpaired) electrons. The van der Waals surface area contributed by atoms with Crippen LogP contribution in [-0.4, -0.2) is 14.2 Å². The van der Waals surface area contributed by atoms with E-state index in [9.17, 15) is 0 Å². The number of hydrogen-bond acceptors (Lipinski definition) is 1. The molecule has 0 N–H and O–H groups in total. The third-order valence-electron chi connectivity index (χ3n) is 6.90. The summed E-state index contributed by atoms with van der Waals surface area (Å²) in [5.41, 5.74) is 8.99. The second kappa shape index (κ2) is 7.71. The fourth-order valence-electron chi connectivity index (χ4n) is 5.28. The number of aryl methyl sites for hydroxylation is 1. The zero-order chi connectivity index (χ0) is 23.4. The lowest BCUT2D eigenvalue weighted by atomic mass is 10.0. The Labute approximate surface area is 203 Å². The van der Waals surface area contributed by atoms with Gasteiger partial charge in [-0.2, -0.15) is 5.10 Å². The number of fused-ring (bicyclic) bond motifs is 4. The second-order valence-electron chi connectivity index (χ2n) is 8.98. The van der Waals surface area contributed by atoms with Gasteiger partial charge in [0.1, 0.15) is 5.69 Å². The summed E-state index contributed by atoms with van der Waals surface area (Å²) >= 11 is 0. The molecule has 0 saturated heterocycles. The van der Waals surface area contributed by atoms with Gasteiger partial charge in [0.15, 0.2) is 0 Å². The first kappa shape index (κ1) is 19.8. The number of benzene rings is 4. The van der Waals surface area contributed by atoms with Gasteiger partial charge in [-0.3, -0.25) is 0 Å². The van der Waals surface area contributed by atoms with E-state index in [4.69, 9.17) is 5.10 Å². The molecular weight excluding hydrogens is 426 g/mol. The van der Waals surface area contributed by atoms with Crippen LogP contribution in [0.25, 0.3) is 55.5 Å². The number of para-hydroxylation sites is 2. The molecule has 0 aliphatic heterocycles. The Kier molecular flexibility index (Phi) is 4.36. The maximum atomic E-state index is 5.29. The summed E-state index contributed by atoms with van der Waals surface area (Å²) in [6.07, 6.45) is 0. The molecule has 3 nitrogen and oxygen atoms in total. The molecule has 7 aromatic rings. The van der Waals surface area contributed by atoms with Crippen LogP contribution in [0.2, 0.25) is 0 Å². The molecule has 0 aliphatic rings. The van der Waals surface area contributed by atoms with Crippen molar-refractivity contribution >= 4 is 27.2 Å². The lowest BCUT2D eigenvalue weighted by Gasteiger charge is -2.10. The lowest BCUT2D eigenvalue weighted by Crippen LogP contribution is -1.98. The first-order valence-corrected chi connectivity index (χ1v) is 11.9. The highest BCUT2D eigenvalue weighted by molar-refractivity contribution is 6.02. The Balaban J connectivity index is 1.61. The van der Waals surface area contributed by atoms with E-state index in [2.05, 4.69) is 137 Å². The molecule has 0 atom stereocenters. The summed E-state index contributed by atoms with van der Waals surface area (Å²) in [7, 11) is 0. The van der Waals surface area contributed by atoms with Crippen molar-refractivity contribution in [3.63, 3.8) is 0 Å². The molecule has 0 unspecified atom stereocenters. The van der Waals surface area contributed by atoms with Crippen LogP contribution in [0, 0.1) is 6.92 Å². The molecule has 0 saturated carbocycles. The Morgan fingerprint density at radius 3 is 2.03 bits per heavy atom. The fraction of sp³-hybridized carbons (Fsp3) is 0.0312. The molecule has 3 heteroatoms. The van der Waals surface area contributed by atoms with Crippen molar-refractivity contribution < 1.29 is 0 Å². The SMILES string of the molecule is Cc1c(-c2cc3ccccc3n2-c2ccccc2)nn2c(-c3ccccc3)cc3ccccc3c12. The van der Waals surface area contributed by atoms with Crippen molar-refractivity contribution in [3.8, 4) is 28.3 Å². The Bertz CT molecular complexity index is 1840. The molecule has 166 valence electrons. The predicted octanol–water partition coefficient (Wildman–Crippen LogP) is 8.07. The zero-order valence-corrected chi connectivity index (χ0v) is 19.4. The van der Waals surface area contributed by atoms with Crippen molar-refractivity contribution in [2.24, 2.45) is 0 Å². The average molecular weight is 450 g/mol. The van der Waals surface area contributed by atoms with E-state index in [1.165, 1.54) is 27.2 Å². The maximum absolute atomic E-state index is 5.29. The van der Waals surface area contributed by atoms with Crippen LogP contribution >= 0.6 is 0 Å². The van der Waals surface area contributed by atoms with Crippen LogP contribution in [0.4, 0.5) is 0 Å². The Morgan fingerprint density at radius 1 is 0.600 bits per heavy atom. The molecule has 4 aromatic carbocycles. The van der Waals surface area contributed by atoms with Crippen molar-refractivity contribution in [2.75, 3.05) is 0 Å². The van der Waals surface area contributed by atoms with Gasteiger partial charge in [0.25, 0.3) is 0 Å². The number of nitrogens with zero attached hydrogens (tertiary/aromatic N) is 3. The minimum Gasteiger partial charge on any atom is -0.308 e. The van der Waals surface area contributed by atoms with E-state index in [1.54, 1.807) is 0 Å². The Hall–Kier alpha value is -4.63. The minimum atomic E-state index is 0.999. The van der Waals surface area contributed by atoms with E-state index < -0.39 is 0 Å². The largest absolute Gasteiger partial charge is 0.308 e. The third-order valence-corrected chi connectivity index (χ3v) is 6.90. The van der Waals surface area contributed by atoms with E-state index >= 15 is 0 Å². The van der Waals surface area contributed by atoms with Crippen molar-refractivity contribution in [1.82, 2.24) is 14.2 Å². The van der Waals surface area contributed by atoms with Gasteiger partial charge in [-0.15, -0.1) is 0 Å². The second-order valence-corrected chi connectivity index (χ2v) is 8.98.